The van der Waals surface area contributed by atoms with Crippen molar-refractivity contribution in [3.05, 3.63) is 59.1 Å². The molecule has 122 valence electrons. The van der Waals surface area contributed by atoms with E-state index in [-0.39, 0.29) is 4.90 Å². The van der Waals surface area contributed by atoms with Crippen LogP contribution in [0.1, 0.15) is 5.56 Å². The van der Waals surface area contributed by atoms with E-state index in [2.05, 4.69) is 4.90 Å². The molecule has 0 unspecified atom stereocenters. The second kappa shape index (κ2) is 6.51. The predicted molar refractivity (Wildman–Crippen MR) is 93.6 cm³/mol. The van der Waals surface area contributed by atoms with Crippen LogP contribution in [0, 0.1) is 6.92 Å². The van der Waals surface area contributed by atoms with Crippen molar-refractivity contribution in [3.8, 4) is 0 Å². The number of hydrogen-bond acceptors (Lipinski definition) is 3. The number of anilines is 1. The third-order valence-corrected chi connectivity index (χ3v) is 6.44. The molecule has 0 N–H and O–H groups in total. The van der Waals surface area contributed by atoms with Crippen LogP contribution in [0.5, 0.6) is 0 Å². The minimum absolute atomic E-state index is 0.265. The predicted octanol–water partition coefficient (Wildman–Crippen LogP) is 3.16. The smallest absolute Gasteiger partial charge is 0.243 e. The zero-order valence-corrected chi connectivity index (χ0v) is 14.5. The van der Waals surface area contributed by atoms with Gasteiger partial charge in [-0.15, -0.1) is 0 Å². The maximum absolute atomic E-state index is 12.7. The Morgan fingerprint density at radius 2 is 1.61 bits per heavy atom. The fourth-order valence-corrected chi connectivity index (χ4v) is 4.40. The first kappa shape index (κ1) is 16.3. The summed E-state index contributed by atoms with van der Waals surface area (Å²) in [5, 5.41) is 0.481. The molecule has 0 spiro atoms. The first-order valence-electron chi connectivity index (χ1n) is 7.55. The van der Waals surface area contributed by atoms with Crippen molar-refractivity contribution >= 4 is 27.3 Å². The molecule has 0 bridgehead atoms. The van der Waals surface area contributed by atoms with E-state index in [1.807, 2.05) is 37.3 Å². The van der Waals surface area contributed by atoms with E-state index in [1.54, 1.807) is 12.1 Å². The Hall–Kier alpha value is -1.56. The summed E-state index contributed by atoms with van der Waals surface area (Å²) < 4.78 is 27.0. The van der Waals surface area contributed by atoms with E-state index < -0.39 is 10.0 Å². The lowest BCUT2D eigenvalue weighted by Gasteiger charge is -2.35. The molecule has 0 saturated carbocycles. The lowest BCUT2D eigenvalue weighted by molar-refractivity contribution is 0.385. The Kier molecular flexibility index (Phi) is 4.62. The van der Waals surface area contributed by atoms with Crippen molar-refractivity contribution in [1.82, 2.24) is 4.31 Å². The van der Waals surface area contributed by atoms with E-state index in [9.17, 15) is 8.42 Å². The highest BCUT2D eigenvalue weighted by Gasteiger charge is 2.28. The van der Waals surface area contributed by atoms with Crippen LogP contribution in [-0.4, -0.2) is 38.9 Å². The number of rotatable bonds is 3. The fourth-order valence-electron chi connectivity index (χ4n) is 2.71. The molecule has 2 aromatic carbocycles. The number of piperazine rings is 1. The maximum atomic E-state index is 12.7. The normalized spacial score (nSPS) is 16.5. The number of nitrogens with zero attached hydrogens (tertiary/aromatic N) is 2. The first-order valence-corrected chi connectivity index (χ1v) is 9.36. The van der Waals surface area contributed by atoms with Gasteiger partial charge in [-0.2, -0.15) is 4.31 Å². The van der Waals surface area contributed by atoms with Crippen LogP contribution in [0.3, 0.4) is 0 Å². The molecule has 0 amide bonds. The molecular weight excluding hydrogens is 332 g/mol. The standard InChI is InChI=1S/C17H19ClN2O2S/c1-14-7-8-16(13-17(14)18)23(21,22)20-11-9-19(10-12-20)15-5-3-2-4-6-15/h2-8,13H,9-12H2,1H3. The van der Waals surface area contributed by atoms with Gasteiger partial charge in [0.2, 0.25) is 10.0 Å². The summed E-state index contributed by atoms with van der Waals surface area (Å²) in [4.78, 5) is 2.47. The van der Waals surface area contributed by atoms with E-state index >= 15 is 0 Å². The van der Waals surface area contributed by atoms with Gasteiger partial charge in [0.1, 0.15) is 0 Å². The average molecular weight is 351 g/mol. The second-order valence-electron chi connectivity index (χ2n) is 5.64. The number of para-hydroxylation sites is 1. The van der Waals surface area contributed by atoms with Crippen LogP contribution in [0.4, 0.5) is 5.69 Å². The zero-order chi connectivity index (χ0) is 16.4. The summed E-state index contributed by atoms with van der Waals surface area (Å²) in [6.07, 6.45) is 0. The average Bonchev–Trinajstić information content (AvgIpc) is 2.58. The molecule has 0 aromatic heterocycles. The van der Waals surface area contributed by atoms with Crippen LogP contribution in [0.15, 0.2) is 53.4 Å². The van der Waals surface area contributed by atoms with E-state index in [0.717, 1.165) is 11.3 Å². The van der Waals surface area contributed by atoms with Crippen molar-refractivity contribution in [2.75, 3.05) is 31.1 Å². The summed E-state index contributed by atoms with van der Waals surface area (Å²) in [6.45, 7) is 4.18. The molecule has 2 aromatic rings. The molecule has 0 radical (unpaired) electrons. The number of halogens is 1. The Morgan fingerprint density at radius 1 is 0.957 bits per heavy atom. The lowest BCUT2D eigenvalue weighted by atomic mass is 10.2. The summed E-state index contributed by atoms with van der Waals surface area (Å²) in [5.74, 6) is 0. The highest BCUT2D eigenvalue weighted by atomic mass is 35.5. The molecule has 1 aliphatic heterocycles. The molecule has 23 heavy (non-hydrogen) atoms. The summed E-state index contributed by atoms with van der Waals surface area (Å²) in [6, 6.07) is 15.0. The minimum atomic E-state index is -3.48. The van der Waals surface area contributed by atoms with Crippen molar-refractivity contribution in [1.29, 1.82) is 0 Å². The molecule has 0 aliphatic carbocycles. The molecule has 1 aliphatic rings. The van der Waals surface area contributed by atoms with Gasteiger partial charge in [0.25, 0.3) is 0 Å². The van der Waals surface area contributed by atoms with Gasteiger partial charge >= 0.3 is 0 Å². The quantitative estimate of drug-likeness (QED) is 0.853. The van der Waals surface area contributed by atoms with E-state index in [0.29, 0.717) is 31.2 Å². The number of sulfonamides is 1. The molecule has 3 rings (SSSR count). The fraction of sp³-hybridized carbons (Fsp3) is 0.294. The summed E-state index contributed by atoms with van der Waals surface area (Å²) in [7, 11) is -3.48. The van der Waals surface area contributed by atoms with Gasteiger partial charge < -0.3 is 4.90 Å². The third kappa shape index (κ3) is 3.37. The van der Waals surface area contributed by atoms with Gasteiger partial charge in [0.05, 0.1) is 4.90 Å². The Labute approximate surface area is 142 Å². The monoisotopic (exact) mass is 350 g/mol. The van der Waals surface area contributed by atoms with Gasteiger partial charge in [0.15, 0.2) is 0 Å². The van der Waals surface area contributed by atoms with Gasteiger partial charge in [0, 0.05) is 36.9 Å². The molecular formula is C17H19ClN2O2S. The molecule has 1 heterocycles. The van der Waals surface area contributed by atoms with Crippen molar-refractivity contribution < 1.29 is 8.42 Å². The van der Waals surface area contributed by atoms with Crippen molar-refractivity contribution in [3.63, 3.8) is 0 Å². The summed E-state index contributed by atoms with van der Waals surface area (Å²) >= 11 is 6.07. The molecule has 6 heteroatoms. The van der Waals surface area contributed by atoms with Crippen LogP contribution < -0.4 is 4.90 Å². The van der Waals surface area contributed by atoms with Crippen molar-refractivity contribution in [2.24, 2.45) is 0 Å². The second-order valence-corrected chi connectivity index (χ2v) is 7.98. The topological polar surface area (TPSA) is 40.6 Å². The Morgan fingerprint density at radius 3 is 2.22 bits per heavy atom. The van der Waals surface area contributed by atoms with Crippen LogP contribution in [0.2, 0.25) is 5.02 Å². The largest absolute Gasteiger partial charge is 0.369 e. The Bertz CT molecular complexity index is 785. The van der Waals surface area contributed by atoms with Crippen LogP contribution in [-0.2, 0) is 10.0 Å². The van der Waals surface area contributed by atoms with Gasteiger partial charge in [-0.1, -0.05) is 35.9 Å². The number of aryl methyl sites for hydroxylation is 1. The molecule has 0 atom stereocenters. The van der Waals surface area contributed by atoms with Gasteiger partial charge in [-0.3, -0.25) is 0 Å². The maximum Gasteiger partial charge on any atom is 0.243 e. The Balaban J connectivity index is 1.75. The number of hydrogen-bond donors (Lipinski definition) is 0. The minimum Gasteiger partial charge on any atom is -0.369 e. The van der Waals surface area contributed by atoms with E-state index in [1.165, 1.54) is 10.4 Å². The molecule has 1 saturated heterocycles. The van der Waals surface area contributed by atoms with Crippen LogP contribution >= 0.6 is 11.6 Å². The zero-order valence-electron chi connectivity index (χ0n) is 12.9. The first-order chi connectivity index (χ1) is 11.0. The third-order valence-electron chi connectivity index (χ3n) is 4.14. The number of benzene rings is 2. The molecule has 1 fully saturated rings. The SMILES string of the molecule is Cc1ccc(S(=O)(=O)N2CCN(c3ccccc3)CC2)cc1Cl. The van der Waals surface area contributed by atoms with E-state index in [4.69, 9.17) is 11.6 Å². The molecule has 4 nitrogen and oxygen atoms in total. The lowest BCUT2D eigenvalue weighted by Crippen LogP contribution is -2.48. The highest BCUT2D eigenvalue weighted by Crippen LogP contribution is 2.24. The summed E-state index contributed by atoms with van der Waals surface area (Å²) in [5.41, 5.74) is 2.00. The van der Waals surface area contributed by atoms with Gasteiger partial charge in [-0.25, -0.2) is 8.42 Å². The highest BCUT2D eigenvalue weighted by molar-refractivity contribution is 7.89. The van der Waals surface area contributed by atoms with Crippen LogP contribution in [0.25, 0.3) is 0 Å². The van der Waals surface area contributed by atoms with Gasteiger partial charge in [-0.05, 0) is 36.8 Å². The van der Waals surface area contributed by atoms with Crippen molar-refractivity contribution in [2.45, 2.75) is 11.8 Å².